The van der Waals surface area contributed by atoms with Gasteiger partial charge in [-0.15, -0.1) is 0 Å². The molecule has 1 aromatic carbocycles. The minimum absolute atomic E-state index is 0.114. The number of rotatable bonds is 4. The van der Waals surface area contributed by atoms with Crippen molar-refractivity contribution in [3.63, 3.8) is 0 Å². The van der Waals surface area contributed by atoms with Crippen molar-refractivity contribution in [2.24, 2.45) is 0 Å². The smallest absolute Gasteiger partial charge is 0.0653 e. The Labute approximate surface area is 118 Å². The molecule has 2 N–H and O–H groups in total. The van der Waals surface area contributed by atoms with Gasteiger partial charge in [-0.2, -0.15) is 0 Å². The summed E-state index contributed by atoms with van der Waals surface area (Å²) >= 11 is 17.8. The van der Waals surface area contributed by atoms with E-state index in [1.807, 2.05) is 0 Å². The lowest BCUT2D eigenvalue weighted by Crippen LogP contribution is -2.38. The molecule has 0 aliphatic heterocycles. The van der Waals surface area contributed by atoms with Gasteiger partial charge in [-0.25, -0.2) is 0 Å². The molecule has 0 fully saturated rings. The molecule has 2 nitrogen and oxygen atoms in total. The van der Waals surface area contributed by atoms with Crippen LogP contribution in [0.3, 0.4) is 0 Å². The molecule has 0 amide bonds. The van der Waals surface area contributed by atoms with Gasteiger partial charge in [0.25, 0.3) is 0 Å². The molecular formula is C12H17Cl3N2. The molecule has 0 aromatic heterocycles. The quantitative estimate of drug-likeness (QED) is 0.633. The molecule has 0 aliphatic rings. The fraction of sp³-hybridized carbons (Fsp3) is 0.500. The summed E-state index contributed by atoms with van der Waals surface area (Å²) in [5, 5.41) is 8.14. The first kappa shape index (κ1) is 14.9. The summed E-state index contributed by atoms with van der Waals surface area (Å²) in [5.74, 6) is 0. The van der Waals surface area contributed by atoms with Crippen molar-refractivity contribution in [2.45, 2.75) is 26.3 Å². The van der Waals surface area contributed by atoms with Crippen LogP contribution in [-0.2, 0) is 0 Å². The van der Waals surface area contributed by atoms with Crippen molar-refractivity contribution in [2.75, 3.05) is 18.4 Å². The van der Waals surface area contributed by atoms with Gasteiger partial charge < -0.3 is 10.6 Å². The lowest BCUT2D eigenvalue weighted by Gasteiger charge is -2.21. The molecule has 0 spiro atoms. The monoisotopic (exact) mass is 294 g/mol. The fourth-order valence-corrected chi connectivity index (χ4v) is 1.91. The molecule has 17 heavy (non-hydrogen) atoms. The van der Waals surface area contributed by atoms with E-state index in [0.717, 1.165) is 18.8 Å². The minimum Gasteiger partial charge on any atom is -0.383 e. The molecule has 0 heterocycles. The molecule has 0 atom stereocenters. The van der Waals surface area contributed by atoms with E-state index in [9.17, 15) is 0 Å². The summed E-state index contributed by atoms with van der Waals surface area (Å²) in [6.07, 6.45) is 0. The number of halogens is 3. The first-order valence-corrected chi connectivity index (χ1v) is 6.56. The molecule has 5 heteroatoms. The maximum absolute atomic E-state index is 6.04. The second-order valence-corrected chi connectivity index (χ2v) is 6.07. The van der Waals surface area contributed by atoms with Gasteiger partial charge in [0.2, 0.25) is 0 Å². The van der Waals surface area contributed by atoms with Crippen LogP contribution in [0.4, 0.5) is 5.69 Å². The summed E-state index contributed by atoms with van der Waals surface area (Å²) in [6, 6.07) is 3.38. The molecule has 96 valence electrons. The summed E-state index contributed by atoms with van der Waals surface area (Å²) in [7, 11) is 0. The first-order chi connectivity index (χ1) is 7.79. The van der Waals surface area contributed by atoms with Crippen LogP contribution in [-0.4, -0.2) is 18.6 Å². The van der Waals surface area contributed by atoms with Gasteiger partial charge in [-0.05, 0) is 32.9 Å². The highest BCUT2D eigenvalue weighted by Gasteiger charge is 2.08. The second-order valence-electron chi connectivity index (χ2n) is 4.85. The molecule has 0 bridgehead atoms. The van der Waals surface area contributed by atoms with E-state index in [2.05, 4.69) is 31.4 Å². The van der Waals surface area contributed by atoms with Crippen molar-refractivity contribution in [1.82, 2.24) is 5.32 Å². The number of nitrogens with one attached hydrogen (secondary N) is 2. The molecular weight excluding hydrogens is 279 g/mol. The van der Waals surface area contributed by atoms with E-state index in [1.54, 1.807) is 12.1 Å². The Morgan fingerprint density at radius 1 is 0.941 bits per heavy atom. The second kappa shape index (κ2) is 6.14. The Hall–Kier alpha value is -0.150. The Bertz CT molecular complexity index is 386. The van der Waals surface area contributed by atoms with Gasteiger partial charge in [0.15, 0.2) is 0 Å². The zero-order valence-electron chi connectivity index (χ0n) is 10.2. The Morgan fingerprint density at radius 3 is 2.12 bits per heavy atom. The van der Waals surface area contributed by atoms with Crippen molar-refractivity contribution >= 4 is 40.5 Å². The average molecular weight is 296 g/mol. The van der Waals surface area contributed by atoms with Crippen LogP contribution in [0, 0.1) is 0 Å². The highest BCUT2D eigenvalue weighted by Crippen LogP contribution is 2.31. The molecule has 0 saturated heterocycles. The number of anilines is 1. The molecule has 1 aromatic rings. The van der Waals surface area contributed by atoms with E-state index >= 15 is 0 Å². The summed E-state index contributed by atoms with van der Waals surface area (Å²) < 4.78 is 0. The predicted molar refractivity (Wildman–Crippen MR) is 77.7 cm³/mol. The minimum atomic E-state index is 0.114. The number of hydrogen-bond donors (Lipinski definition) is 2. The van der Waals surface area contributed by atoms with Gasteiger partial charge in [-0.3, -0.25) is 0 Å². The van der Waals surface area contributed by atoms with Crippen LogP contribution in [0.15, 0.2) is 12.1 Å². The van der Waals surface area contributed by atoms with Gasteiger partial charge in [-0.1, -0.05) is 34.8 Å². The topological polar surface area (TPSA) is 24.1 Å². The van der Waals surface area contributed by atoms with Crippen LogP contribution in [0.25, 0.3) is 0 Å². The number of hydrogen-bond acceptors (Lipinski definition) is 2. The molecule has 0 aliphatic carbocycles. The van der Waals surface area contributed by atoms with Crippen molar-refractivity contribution in [3.05, 3.63) is 27.2 Å². The van der Waals surface area contributed by atoms with Crippen LogP contribution >= 0.6 is 34.8 Å². The SMILES string of the molecule is CC(C)(C)NCCNc1cc(Cl)c(Cl)cc1Cl. The van der Waals surface area contributed by atoms with Crippen LogP contribution < -0.4 is 10.6 Å². The fourth-order valence-electron chi connectivity index (χ4n) is 1.29. The first-order valence-electron chi connectivity index (χ1n) is 5.43. The molecule has 0 radical (unpaired) electrons. The lowest BCUT2D eigenvalue weighted by atomic mass is 10.1. The van der Waals surface area contributed by atoms with Crippen molar-refractivity contribution in [1.29, 1.82) is 0 Å². The zero-order valence-corrected chi connectivity index (χ0v) is 12.5. The summed E-state index contributed by atoms with van der Waals surface area (Å²) in [6.45, 7) is 7.99. The normalized spacial score (nSPS) is 11.6. The molecule has 0 saturated carbocycles. The van der Waals surface area contributed by atoms with Crippen LogP contribution in [0.2, 0.25) is 15.1 Å². The van der Waals surface area contributed by atoms with E-state index in [-0.39, 0.29) is 5.54 Å². The lowest BCUT2D eigenvalue weighted by molar-refractivity contribution is 0.435. The van der Waals surface area contributed by atoms with E-state index < -0.39 is 0 Å². The van der Waals surface area contributed by atoms with Crippen LogP contribution in [0.5, 0.6) is 0 Å². The maximum atomic E-state index is 6.04. The van der Waals surface area contributed by atoms with E-state index in [4.69, 9.17) is 34.8 Å². The van der Waals surface area contributed by atoms with Gasteiger partial charge in [0.1, 0.15) is 0 Å². The van der Waals surface area contributed by atoms with E-state index in [0.29, 0.717) is 15.1 Å². The Morgan fingerprint density at radius 2 is 1.53 bits per heavy atom. The van der Waals surface area contributed by atoms with Crippen molar-refractivity contribution < 1.29 is 0 Å². The van der Waals surface area contributed by atoms with Crippen molar-refractivity contribution in [3.8, 4) is 0 Å². The van der Waals surface area contributed by atoms with Crippen LogP contribution in [0.1, 0.15) is 20.8 Å². The Balaban J connectivity index is 2.50. The summed E-state index contributed by atoms with van der Waals surface area (Å²) in [4.78, 5) is 0. The largest absolute Gasteiger partial charge is 0.383 e. The van der Waals surface area contributed by atoms with Gasteiger partial charge in [0.05, 0.1) is 20.8 Å². The third-order valence-electron chi connectivity index (χ3n) is 2.11. The molecule has 1 rings (SSSR count). The van der Waals surface area contributed by atoms with Gasteiger partial charge >= 0.3 is 0 Å². The molecule has 0 unspecified atom stereocenters. The maximum Gasteiger partial charge on any atom is 0.0653 e. The van der Waals surface area contributed by atoms with E-state index in [1.165, 1.54) is 0 Å². The summed E-state index contributed by atoms with van der Waals surface area (Å²) in [5.41, 5.74) is 0.917. The standard InChI is InChI=1S/C12H17Cl3N2/c1-12(2,3)17-5-4-16-11-7-9(14)8(13)6-10(11)15/h6-7,16-17H,4-5H2,1-3H3. The highest BCUT2D eigenvalue weighted by atomic mass is 35.5. The van der Waals surface area contributed by atoms with Gasteiger partial charge in [0, 0.05) is 18.6 Å². The highest BCUT2D eigenvalue weighted by molar-refractivity contribution is 6.44. The third-order valence-corrected chi connectivity index (χ3v) is 3.14. The number of benzene rings is 1. The third kappa shape index (κ3) is 5.35. The predicted octanol–water partition coefficient (Wildman–Crippen LogP) is 4.45. The average Bonchev–Trinajstić information content (AvgIpc) is 2.18. The Kier molecular flexibility index (Phi) is 5.39. The zero-order chi connectivity index (χ0) is 13.1.